The van der Waals surface area contributed by atoms with Crippen LogP contribution in [0.25, 0.3) is 11.4 Å². The Morgan fingerprint density at radius 2 is 2.05 bits per heavy atom. The van der Waals surface area contributed by atoms with Gasteiger partial charge in [0.25, 0.3) is 0 Å². The predicted molar refractivity (Wildman–Crippen MR) is 94.7 cm³/mol. The van der Waals surface area contributed by atoms with Crippen molar-refractivity contribution in [3.63, 3.8) is 0 Å². The fourth-order valence-electron chi connectivity index (χ4n) is 2.11. The van der Waals surface area contributed by atoms with E-state index in [0.29, 0.717) is 10.6 Å². The van der Waals surface area contributed by atoms with Gasteiger partial charge >= 0.3 is 0 Å². The van der Waals surface area contributed by atoms with Crippen molar-refractivity contribution in [3.05, 3.63) is 68.9 Å². The molecular weight excluding hydrogens is 360 g/mol. The van der Waals surface area contributed by atoms with E-state index in [1.54, 1.807) is 10.9 Å². The molecule has 0 spiro atoms. The van der Waals surface area contributed by atoms with Gasteiger partial charge in [0.1, 0.15) is 0 Å². The van der Waals surface area contributed by atoms with Crippen LogP contribution in [-0.4, -0.2) is 21.1 Å². The quantitative estimate of drug-likeness (QED) is 0.540. The monoisotopic (exact) mass is 372 g/mol. The highest BCUT2D eigenvalue weighted by Gasteiger charge is 2.09. The molecule has 0 aliphatic carbocycles. The summed E-state index contributed by atoms with van der Waals surface area (Å²) in [6.07, 6.45) is 1.76. The SMILES string of the molecule is Cc1ccccc1-c1n[nH]c(=S)n1/N=C/c1cccc(Br)c1. The Morgan fingerprint density at radius 1 is 1.23 bits per heavy atom. The maximum absolute atomic E-state index is 5.28. The first-order chi connectivity index (χ1) is 10.6. The molecule has 2 aromatic carbocycles. The Kier molecular flexibility index (Phi) is 4.31. The van der Waals surface area contributed by atoms with Crippen LogP contribution in [0.5, 0.6) is 0 Å². The van der Waals surface area contributed by atoms with Crippen LogP contribution in [0.15, 0.2) is 58.1 Å². The van der Waals surface area contributed by atoms with E-state index in [9.17, 15) is 0 Å². The Balaban J connectivity index is 2.04. The number of nitrogens with zero attached hydrogens (tertiary/aromatic N) is 3. The van der Waals surface area contributed by atoms with Gasteiger partial charge in [-0.15, -0.1) is 0 Å². The maximum atomic E-state index is 5.28. The molecule has 0 saturated heterocycles. The number of hydrogen-bond acceptors (Lipinski definition) is 3. The van der Waals surface area contributed by atoms with E-state index in [0.717, 1.165) is 21.2 Å². The van der Waals surface area contributed by atoms with Crippen molar-refractivity contribution in [3.8, 4) is 11.4 Å². The molecule has 6 heteroatoms. The van der Waals surface area contributed by atoms with Crippen LogP contribution in [-0.2, 0) is 0 Å². The summed E-state index contributed by atoms with van der Waals surface area (Å²) in [5.41, 5.74) is 3.10. The van der Waals surface area contributed by atoms with Crippen LogP contribution in [0.2, 0.25) is 0 Å². The second kappa shape index (κ2) is 6.37. The maximum Gasteiger partial charge on any atom is 0.216 e. The Labute approximate surface area is 141 Å². The average Bonchev–Trinajstić information content (AvgIpc) is 2.87. The Morgan fingerprint density at radius 3 is 2.82 bits per heavy atom. The van der Waals surface area contributed by atoms with E-state index >= 15 is 0 Å². The number of aromatic amines is 1. The van der Waals surface area contributed by atoms with E-state index in [2.05, 4.69) is 31.2 Å². The van der Waals surface area contributed by atoms with Gasteiger partial charge in [-0.1, -0.05) is 52.3 Å². The van der Waals surface area contributed by atoms with Crippen molar-refractivity contribution in [2.45, 2.75) is 6.92 Å². The van der Waals surface area contributed by atoms with Crippen LogP contribution in [0.4, 0.5) is 0 Å². The number of halogens is 1. The zero-order valence-electron chi connectivity index (χ0n) is 11.8. The average molecular weight is 373 g/mol. The molecule has 0 aliphatic rings. The lowest BCUT2D eigenvalue weighted by molar-refractivity contribution is 0.871. The largest absolute Gasteiger partial charge is 0.250 e. The third-order valence-electron chi connectivity index (χ3n) is 3.21. The van der Waals surface area contributed by atoms with Gasteiger partial charge in [0.15, 0.2) is 5.82 Å². The molecule has 1 N–H and O–H groups in total. The van der Waals surface area contributed by atoms with Crippen molar-refractivity contribution in [2.24, 2.45) is 5.10 Å². The van der Waals surface area contributed by atoms with Gasteiger partial charge < -0.3 is 0 Å². The molecule has 110 valence electrons. The molecule has 0 amide bonds. The van der Waals surface area contributed by atoms with Crippen molar-refractivity contribution in [2.75, 3.05) is 0 Å². The first-order valence-electron chi connectivity index (χ1n) is 6.68. The van der Waals surface area contributed by atoms with Gasteiger partial charge in [-0.2, -0.15) is 14.9 Å². The fraction of sp³-hybridized carbons (Fsp3) is 0.0625. The number of nitrogens with one attached hydrogen (secondary N) is 1. The summed E-state index contributed by atoms with van der Waals surface area (Å²) in [5.74, 6) is 0.703. The van der Waals surface area contributed by atoms with Gasteiger partial charge in [-0.05, 0) is 42.4 Å². The minimum atomic E-state index is 0.462. The normalized spacial score (nSPS) is 11.2. The molecule has 3 rings (SSSR count). The summed E-state index contributed by atoms with van der Waals surface area (Å²) < 4.78 is 3.11. The lowest BCUT2D eigenvalue weighted by Gasteiger charge is -2.04. The summed E-state index contributed by atoms with van der Waals surface area (Å²) in [6.45, 7) is 2.04. The highest BCUT2D eigenvalue weighted by molar-refractivity contribution is 9.10. The number of H-pyrrole nitrogens is 1. The summed E-state index contributed by atoms with van der Waals surface area (Å²) in [5, 5.41) is 11.6. The van der Waals surface area contributed by atoms with Crippen molar-refractivity contribution in [1.29, 1.82) is 0 Å². The van der Waals surface area contributed by atoms with Crippen molar-refractivity contribution < 1.29 is 0 Å². The fourth-order valence-corrected chi connectivity index (χ4v) is 2.70. The minimum Gasteiger partial charge on any atom is -0.250 e. The highest BCUT2D eigenvalue weighted by atomic mass is 79.9. The zero-order chi connectivity index (χ0) is 15.5. The summed E-state index contributed by atoms with van der Waals surface area (Å²) in [4.78, 5) is 0. The number of rotatable bonds is 3. The Bertz CT molecular complexity index is 895. The molecular formula is C16H13BrN4S. The van der Waals surface area contributed by atoms with Gasteiger partial charge in [-0.25, -0.2) is 5.10 Å². The number of aromatic nitrogens is 3. The van der Waals surface area contributed by atoms with Crippen LogP contribution >= 0.6 is 28.1 Å². The summed E-state index contributed by atoms with van der Waals surface area (Å²) in [6, 6.07) is 15.9. The lowest BCUT2D eigenvalue weighted by atomic mass is 10.1. The van der Waals surface area contributed by atoms with Crippen molar-refractivity contribution in [1.82, 2.24) is 14.9 Å². The van der Waals surface area contributed by atoms with Crippen LogP contribution in [0.3, 0.4) is 0 Å². The molecule has 0 radical (unpaired) electrons. The van der Waals surface area contributed by atoms with E-state index in [4.69, 9.17) is 12.2 Å². The Hall–Kier alpha value is -2.05. The third-order valence-corrected chi connectivity index (χ3v) is 3.96. The minimum absolute atomic E-state index is 0.462. The predicted octanol–water partition coefficient (Wildman–Crippen LogP) is 4.56. The highest BCUT2D eigenvalue weighted by Crippen LogP contribution is 2.21. The van der Waals surface area contributed by atoms with Crippen LogP contribution < -0.4 is 0 Å². The summed E-state index contributed by atoms with van der Waals surface area (Å²) in [7, 11) is 0. The van der Waals surface area contributed by atoms with Gasteiger partial charge in [0.2, 0.25) is 4.77 Å². The zero-order valence-corrected chi connectivity index (χ0v) is 14.2. The molecule has 0 saturated carbocycles. The lowest BCUT2D eigenvalue weighted by Crippen LogP contribution is -1.96. The van der Waals surface area contributed by atoms with E-state index in [1.807, 2.05) is 55.5 Å². The van der Waals surface area contributed by atoms with E-state index in [-0.39, 0.29) is 0 Å². The first kappa shape index (κ1) is 14.9. The molecule has 1 heterocycles. The first-order valence-corrected chi connectivity index (χ1v) is 7.88. The number of benzene rings is 2. The van der Waals surface area contributed by atoms with Gasteiger partial charge in [0.05, 0.1) is 6.21 Å². The van der Waals surface area contributed by atoms with E-state index < -0.39 is 0 Å². The summed E-state index contributed by atoms with van der Waals surface area (Å²) >= 11 is 8.73. The smallest absolute Gasteiger partial charge is 0.216 e. The molecule has 0 unspecified atom stereocenters. The molecule has 0 atom stereocenters. The van der Waals surface area contributed by atoms with Crippen molar-refractivity contribution >= 4 is 34.4 Å². The molecule has 3 aromatic rings. The van der Waals surface area contributed by atoms with Crippen LogP contribution in [0.1, 0.15) is 11.1 Å². The molecule has 1 aromatic heterocycles. The third kappa shape index (κ3) is 3.08. The number of hydrogen-bond donors (Lipinski definition) is 1. The molecule has 0 aliphatic heterocycles. The molecule has 0 fully saturated rings. The van der Waals surface area contributed by atoms with Gasteiger partial charge in [0, 0.05) is 10.0 Å². The topological polar surface area (TPSA) is 46.0 Å². The standard InChI is InChI=1S/C16H13BrN4S/c1-11-5-2-3-8-14(11)15-19-20-16(22)21(15)18-10-12-6-4-7-13(17)9-12/h2-10H,1H3,(H,20,22)/b18-10+. The van der Waals surface area contributed by atoms with Crippen LogP contribution in [0, 0.1) is 11.7 Å². The molecule has 22 heavy (non-hydrogen) atoms. The molecule has 4 nitrogen and oxygen atoms in total. The second-order valence-electron chi connectivity index (χ2n) is 4.78. The van der Waals surface area contributed by atoms with E-state index in [1.165, 1.54) is 0 Å². The second-order valence-corrected chi connectivity index (χ2v) is 6.08. The van der Waals surface area contributed by atoms with Gasteiger partial charge in [-0.3, -0.25) is 0 Å². The number of aryl methyl sites for hydroxylation is 1. The molecule has 0 bridgehead atoms.